The molecule has 206 valence electrons. The Balaban J connectivity index is 1.77. The lowest BCUT2D eigenvalue weighted by molar-refractivity contribution is 0.334. The van der Waals surface area contributed by atoms with Crippen molar-refractivity contribution in [2.75, 3.05) is 7.11 Å². The first-order chi connectivity index (χ1) is 19.6. The Morgan fingerprint density at radius 1 is 0.878 bits per heavy atom. The number of pyridine rings is 1. The number of aryl methyl sites for hydroxylation is 1. The molecule has 0 radical (unpaired) electrons. The van der Waals surface area contributed by atoms with Gasteiger partial charge in [0.15, 0.2) is 11.2 Å². The van der Waals surface area contributed by atoms with Gasteiger partial charge in [0.05, 0.1) is 33.4 Å². The van der Waals surface area contributed by atoms with E-state index in [4.69, 9.17) is 4.74 Å². The number of phenolic OH excluding ortho intramolecular Hbond substituents is 1. The molecule has 1 aromatic heterocycles. The van der Waals surface area contributed by atoms with Gasteiger partial charge in [0.1, 0.15) is 22.7 Å². The van der Waals surface area contributed by atoms with Crippen LogP contribution >= 0.6 is 0 Å². The van der Waals surface area contributed by atoms with Gasteiger partial charge in [0, 0.05) is 17.3 Å². The van der Waals surface area contributed by atoms with Crippen molar-refractivity contribution in [1.82, 2.24) is 4.98 Å². The number of hydrogen-bond acceptors (Lipinski definition) is 9. The number of H-pyrrole nitrogens is 1. The minimum atomic E-state index is -1.95. The molecular weight excluding hydrogens is 530 g/mol. The smallest absolute Gasteiger partial charge is 0.260 e. The molecule has 4 aliphatic carbocycles. The average molecular weight is 554 g/mol. The van der Waals surface area contributed by atoms with Crippen molar-refractivity contribution in [3.05, 3.63) is 125 Å². The Hall–Kier alpha value is -5.25. The monoisotopic (exact) mass is 553 g/mol. The van der Waals surface area contributed by atoms with Crippen molar-refractivity contribution in [2.24, 2.45) is 0 Å². The van der Waals surface area contributed by atoms with Crippen LogP contribution in [0.15, 0.2) is 60.4 Å². The van der Waals surface area contributed by atoms with Crippen LogP contribution in [0, 0.1) is 10.4 Å². The third-order valence-electron chi connectivity index (χ3n) is 8.08. The summed E-state index contributed by atoms with van der Waals surface area (Å²) < 4.78 is 4.91. The number of fused-ring (bicyclic) bond motifs is 4. The molecule has 1 atom stereocenters. The van der Waals surface area contributed by atoms with E-state index in [9.17, 15) is 39.3 Å². The summed E-state index contributed by atoms with van der Waals surface area (Å²) in [4.78, 5) is 68.8. The maximum Gasteiger partial charge on any atom is 0.260 e. The quantitative estimate of drug-likeness (QED) is 0.264. The molecule has 0 amide bonds. The van der Waals surface area contributed by atoms with Gasteiger partial charge in [-0.15, -0.1) is 0 Å². The van der Waals surface area contributed by atoms with E-state index in [2.05, 4.69) is 4.98 Å². The van der Waals surface area contributed by atoms with Crippen LogP contribution in [0.4, 0.5) is 0 Å². The fraction of sp³-hybridized carbons (Fsp3) is 0.194. The average Bonchev–Trinajstić information content (AvgIpc) is 3.15. The molecule has 6 rings (SSSR count). The first-order valence-electron chi connectivity index (χ1n) is 12.9. The van der Waals surface area contributed by atoms with E-state index in [0.717, 1.165) is 13.2 Å². The SMILES string of the molecule is CC=CC=Cc1cc2cc3c(c(O)c2c(=O)[nH]1)C1(CCC3)C(O)=c2c(=O)c3c(=O)cc(OC)c(=O)c=3c(=O)c2=C1O. The third-order valence-corrected chi connectivity index (χ3v) is 8.08. The molecule has 10 heteroatoms. The molecule has 0 saturated carbocycles. The molecule has 0 aliphatic heterocycles. The van der Waals surface area contributed by atoms with Crippen LogP contribution in [0.2, 0.25) is 0 Å². The van der Waals surface area contributed by atoms with Crippen LogP contribution in [-0.2, 0) is 11.8 Å². The van der Waals surface area contributed by atoms with E-state index >= 15 is 0 Å². The predicted octanol–water partition coefficient (Wildman–Crippen LogP) is 0.493. The number of aliphatic hydroxyl groups is 2. The van der Waals surface area contributed by atoms with Crippen molar-refractivity contribution in [3.63, 3.8) is 0 Å². The number of rotatable bonds is 3. The van der Waals surface area contributed by atoms with E-state index in [0.29, 0.717) is 29.5 Å². The van der Waals surface area contributed by atoms with Crippen molar-refractivity contribution in [3.8, 4) is 11.5 Å². The first-order valence-corrected chi connectivity index (χ1v) is 12.9. The van der Waals surface area contributed by atoms with Crippen molar-refractivity contribution < 1.29 is 20.1 Å². The van der Waals surface area contributed by atoms with Gasteiger partial charge < -0.3 is 25.0 Å². The second-order valence-electron chi connectivity index (χ2n) is 10.2. The first kappa shape index (κ1) is 26.0. The molecule has 0 fully saturated rings. The van der Waals surface area contributed by atoms with Crippen LogP contribution < -0.4 is 42.4 Å². The lowest BCUT2D eigenvalue weighted by Crippen LogP contribution is -2.51. The van der Waals surface area contributed by atoms with E-state index in [1.165, 1.54) is 0 Å². The highest BCUT2D eigenvalue weighted by Crippen LogP contribution is 2.52. The van der Waals surface area contributed by atoms with Gasteiger partial charge in [-0.2, -0.15) is 0 Å². The summed E-state index contributed by atoms with van der Waals surface area (Å²) in [5.74, 6) is -2.42. The van der Waals surface area contributed by atoms with Crippen LogP contribution in [0.3, 0.4) is 0 Å². The molecule has 2 aromatic rings. The number of phenols is 1. The number of ether oxygens (including phenoxy) is 1. The molecular formula is C31H23NO9. The van der Waals surface area contributed by atoms with E-state index in [-0.39, 0.29) is 17.4 Å². The van der Waals surface area contributed by atoms with E-state index in [1.807, 2.05) is 13.0 Å². The zero-order valence-electron chi connectivity index (χ0n) is 22.0. The Morgan fingerprint density at radius 3 is 2.22 bits per heavy atom. The fourth-order valence-corrected chi connectivity index (χ4v) is 6.35. The number of aromatic amines is 1. The predicted molar refractivity (Wildman–Crippen MR) is 152 cm³/mol. The maximum absolute atomic E-state index is 13.6. The van der Waals surface area contributed by atoms with Gasteiger partial charge in [-0.05, 0) is 49.3 Å². The van der Waals surface area contributed by atoms with Crippen LogP contribution in [0.5, 0.6) is 11.5 Å². The Bertz CT molecular complexity index is 2370. The number of hydrogen-bond donors (Lipinski definition) is 4. The minimum absolute atomic E-state index is 0.0183. The second-order valence-corrected chi connectivity index (χ2v) is 10.2. The molecule has 0 saturated heterocycles. The number of aliphatic hydroxyl groups excluding tert-OH is 2. The molecule has 41 heavy (non-hydrogen) atoms. The molecule has 4 aliphatic rings. The summed E-state index contributed by atoms with van der Waals surface area (Å²) in [7, 11) is 1.13. The molecule has 1 aromatic carbocycles. The second kappa shape index (κ2) is 8.88. The van der Waals surface area contributed by atoms with Gasteiger partial charge in [-0.3, -0.25) is 24.0 Å². The molecule has 0 bridgehead atoms. The van der Waals surface area contributed by atoms with Gasteiger partial charge >= 0.3 is 0 Å². The minimum Gasteiger partial charge on any atom is -0.510 e. The van der Waals surface area contributed by atoms with E-state index < -0.39 is 76.6 Å². The Morgan fingerprint density at radius 2 is 1.56 bits per heavy atom. The molecule has 1 spiro atoms. The van der Waals surface area contributed by atoms with Gasteiger partial charge in [0.2, 0.25) is 16.3 Å². The number of aromatic hydroxyl groups is 1. The summed E-state index contributed by atoms with van der Waals surface area (Å²) in [6, 6.07) is 4.14. The summed E-state index contributed by atoms with van der Waals surface area (Å²) in [5.41, 5.74) is -5.77. The lowest BCUT2D eigenvalue weighted by atomic mass is 9.67. The summed E-state index contributed by atoms with van der Waals surface area (Å²) in [5, 5.41) is 32.4. The number of aromatic nitrogens is 1. The van der Waals surface area contributed by atoms with Crippen LogP contribution in [0.25, 0.3) is 28.4 Å². The van der Waals surface area contributed by atoms with Crippen molar-refractivity contribution in [2.45, 2.75) is 31.6 Å². The highest BCUT2D eigenvalue weighted by atomic mass is 16.5. The lowest BCUT2D eigenvalue weighted by Gasteiger charge is -2.37. The molecule has 1 unspecified atom stereocenters. The Labute approximate surface area is 229 Å². The zero-order valence-corrected chi connectivity index (χ0v) is 22.0. The zero-order chi connectivity index (χ0) is 29.4. The number of methoxy groups -OCH3 is 1. The van der Waals surface area contributed by atoms with Gasteiger partial charge in [0.25, 0.3) is 5.56 Å². The van der Waals surface area contributed by atoms with Gasteiger partial charge in [-0.1, -0.05) is 24.3 Å². The van der Waals surface area contributed by atoms with Crippen LogP contribution in [-0.4, -0.2) is 27.4 Å². The standard InChI is InChI=1S/C31H23NO9/c1-3-4-5-8-15-11-14-10-13-7-6-9-31(23(13)27(37)18(14)30(40)32-15)28(38)21-22(29(31)39)26(36)20-19(25(21)35)16(33)12-17(41-2)24(20)34/h3-5,8,10-12,37-39H,6-7,9H2,1-2H3,(H,32,40). The number of allylic oxidation sites excluding steroid dienone is 3. The topological polar surface area (TPSA) is 171 Å². The molecule has 4 N–H and O–H groups in total. The largest absolute Gasteiger partial charge is 0.510 e. The highest BCUT2D eigenvalue weighted by Gasteiger charge is 2.51. The Kier molecular flexibility index (Phi) is 5.63. The summed E-state index contributed by atoms with van der Waals surface area (Å²) in [6.07, 6.45) is 7.76. The highest BCUT2D eigenvalue weighted by molar-refractivity contribution is 5.94. The molecule has 1 heterocycles. The van der Waals surface area contributed by atoms with E-state index in [1.54, 1.807) is 30.4 Å². The summed E-state index contributed by atoms with van der Waals surface area (Å²) in [6.45, 7) is 1.85. The number of benzene rings is 1. The fourth-order valence-electron chi connectivity index (χ4n) is 6.35. The van der Waals surface area contributed by atoms with Crippen molar-refractivity contribution in [1.29, 1.82) is 0 Å². The number of nitrogens with one attached hydrogen (secondary N) is 1. The van der Waals surface area contributed by atoms with Gasteiger partial charge in [-0.25, -0.2) is 0 Å². The molecule has 10 nitrogen and oxygen atoms in total. The normalized spacial score (nSPS) is 18.3. The van der Waals surface area contributed by atoms with Crippen molar-refractivity contribution >= 4 is 28.4 Å². The van der Waals surface area contributed by atoms with Crippen LogP contribution in [0.1, 0.15) is 36.6 Å². The summed E-state index contributed by atoms with van der Waals surface area (Å²) >= 11 is 0. The maximum atomic E-state index is 13.6. The third kappa shape index (κ3) is 3.27.